The summed E-state index contributed by atoms with van der Waals surface area (Å²) >= 11 is 0. The topological polar surface area (TPSA) is 49.3 Å². The number of nitrogens with one attached hydrogen (secondary N) is 1. The second-order valence-corrected chi connectivity index (χ2v) is 3.37. The fraction of sp³-hybridized carbons (Fsp3) is 0.545. The Bertz CT molecular complexity index is 348. The minimum Gasteiger partial charge on any atom is -0.306 e. The molecule has 1 amide bonds. The van der Waals surface area contributed by atoms with Crippen molar-refractivity contribution >= 4 is 5.91 Å². The van der Waals surface area contributed by atoms with Gasteiger partial charge in [-0.1, -0.05) is 11.8 Å². The van der Waals surface area contributed by atoms with Crippen molar-refractivity contribution in [3.8, 4) is 23.7 Å². The third-order valence-electron chi connectivity index (χ3n) is 2.30. The molecule has 1 aliphatic rings. The zero-order valence-corrected chi connectivity index (χ0v) is 8.84. The third kappa shape index (κ3) is 3.38. The van der Waals surface area contributed by atoms with Gasteiger partial charge in [-0.25, -0.2) is 10.0 Å². The van der Waals surface area contributed by atoms with Crippen LogP contribution in [-0.4, -0.2) is 41.9 Å². The van der Waals surface area contributed by atoms with Crippen LogP contribution in [0.5, 0.6) is 0 Å². The largest absolute Gasteiger partial charge is 0.357 e. The monoisotopic (exact) mass is 207 g/mol. The Morgan fingerprint density at radius 2 is 2.07 bits per heavy atom. The van der Waals surface area contributed by atoms with Crippen LogP contribution in [0.2, 0.25) is 0 Å². The summed E-state index contributed by atoms with van der Waals surface area (Å²) in [4.78, 5) is 11.6. The summed E-state index contributed by atoms with van der Waals surface area (Å²) in [5, 5.41) is 13.0. The minimum atomic E-state index is -0.499. The molecule has 0 aromatic rings. The van der Waals surface area contributed by atoms with Gasteiger partial charge in [0.1, 0.15) is 19.5 Å². The number of carbonyl (C=O) groups excluding carboxylic acids is 1. The average Bonchev–Trinajstić information content (AvgIpc) is 2.25. The van der Waals surface area contributed by atoms with Gasteiger partial charge in [0.25, 0.3) is 0 Å². The number of nitrogens with zero attached hydrogens (tertiary/aromatic N) is 1. The smallest absolute Gasteiger partial charge is 0.306 e. The van der Waals surface area contributed by atoms with Crippen molar-refractivity contribution in [2.75, 3.05) is 26.2 Å². The second-order valence-electron chi connectivity index (χ2n) is 3.37. The Balaban J connectivity index is 2.51. The summed E-state index contributed by atoms with van der Waals surface area (Å²) in [6.45, 7) is 3.84. The molecule has 4 heteroatoms. The molecule has 1 fully saturated rings. The second kappa shape index (κ2) is 5.53. The molecule has 0 aromatic heterocycles. The van der Waals surface area contributed by atoms with Gasteiger partial charge in [-0.3, -0.25) is 0 Å². The molecular formula is C11H15N2O2+. The van der Waals surface area contributed by atoms with E-state index in [-0.39, 0.29) is 12.3 Å². The fourth-order valence-electron chi connectivity index (χ4n) is 1.39. The number of hydroxylamine groups is 3. The summed E-state index contributed by atoms with van der Waals surface area (Å²) in [6.07, 6.45) is 0.0607. The minimum absolute atomic E-state index is 0.0607. The highest BCUT2D eigenvalue weighted by molar-refractivity contribution is 5.71. The van der Waals surface area contributed by atoms with Crippen LogP contribution in [0.1, 0.15) is 13.3 Å². The third-order valence-corrected chi connectivity index (χ3v) is 2.30. The summed E-state index contributed by atoms with van der Waals surface area (Å²) in [6, 6.07) is 0. The molecule has 1 rings (SSSR count). The molecule has 0 aromatic carbocycles. The molecule has 2 N–H and O–H groups in total. The molecule has 1 aliphatic heterocycles. The number of quaternary nitrogens is 1. The van der Waals surface area contributed by atoms with E-state index in [0.29, 0.717) is 26.2 Å². The van der Waals surface area contributed by atoms with Gasteiger partial charge in [-0.15, -0.1) is 4.65 Å². The van der Waals surface area contributed by atoms with Crippen LogP contribution in [0.3, 0.4) is 0 Å². The maximum atomic E-state index is 11.6. The van der Waals surface area contributed by atoms with Crippen molar-refractivity contribution in [1.82, 2.24) is 5.32 Å². The molecule has 0 bridgehead atoms. The number of amides is 1. The van der Waals surface area contributed by atoms with Crippen molar-refractivity contribution in [2.24, 2.45) is 0 Å². The van der Waals surface area contributed by atoms with Gasteiger partial charge >= 0.3 is 5.91 Å². The first-order chi connectivity index (χ1) is 7.19. The van der Waals surface area contributed by atoms with Crippen molar-refractivity contribution in [2.45, 2.75) is 13.3 Å². The maximum absolute atomic E-state index is 11.6. The van der Waals surface area contributed by atoms with E-state index in [1.54, 1.807) is 6.92 Å². The lowest BCUT2D eigenvalue weighted by Crippen LogP contribution is -2.59. The van der Waals surface area contributed by atoms with E-state index in [1.165, 1.54) is 0 Å². The van der Waals surface area contributed by atoms with E-state index < -0.39 is 4.65 Å². The lowest BCUT2D eigenvalue weighted by atomic mass is 10.3. The molecule has 0 unspecified atom stereocenters. The molecule has 80 valence electrons. The van der Waals surface area contributed by atoms with E-state index in [2.05, 4.69) is 29.0 Å². The lowest BCUT2D eigenvalue weighted by Gasteiger charge is -2.30. The van der Waals surface area contributed by atoms with E-state index in [1.807, 2.05) is 0 Å². The quantitative estimate of drug-likeness (QED) is 0.354. The van der Waals surface area contributed by atoms with Crippen LogP contribution < -0.4 is 5.32 Å². The highest BCUT2D eigenvalue weighted by Gasteiger charge is 2.36. The maximum Gasteiger partial charge on any atom is 0.357 e. The van der Waals surface area contributed by atoms with Gasteiger partial charge in [-0.05, 0) is 18.8 Å². The molecule has 0 saturated carbocycles. The van der Waals surface area contributed by atoms with Crippen LogP contribution >= 0.6 is 0 Å². The molecular weight excluding hydrogens is 192 g/mol. The molecule has 0 spiro atoms. The van der Waals surface area contributed by atoms with Crippen molar-refractivity contribution in [3.63, 3.8) is 0 Å². The summed E-state index contributed by atoms with van der Waals surface area (Å²) < 4.78 is -0.499. The van der Waals surface area contributed by atoms with Gasteiger partial charge in [-0.2, -0.15) is 0 Å². The van der Waals surface area contributed by atoms with Crippen molar-refractivity contribution in [1.29, 1.82) is 0 Å². The van der Waals surface area contributed by atoms with Gasteiger partial charge in [0.05, 0.1) is 0 Å². The van der Waals surface area contributed by atoms with Gasteiger partial charge in [0, 0.05) is 13.1 Å². The predicted molar refractivity (Wildman–Crippen MR) is 55.5 cm³/mol. The predicted octanol–water partition coefficient (Wildman–Crippen LogP) is -0.261. The van der Waals surface area contributed by atoms with Crippen LogP contribution in [0.4, 0.5) is 0 Å². The molecule has 15 heavy (non-hydrogen) atoms. The van der Waals surface area contributed by atoms with Gasteiger partial charge < -0.3 is 5.32 Å². The normalized spacial score (nSPS) is 18.0. The van der Waals surface area contributed by atoms with Gasteiger partial charge in [0.2, 0.25) is 0 Å². The zero-order valence-electron chi connectivity index (χ0n) is 8.84. The number of rotatable bonds is 1. The Morgan fingerprint density at radius 3 is 2.67 bits per heavy atom. The molecule has 0 radical (unpaired) electrons. The average molecular weight is 207 g/mol. The van der Waals surface area contributed by atoms with Crippen LogP contribution in [-0.2, 0) is 4.79 Å². The van der Waals surface area contributed by atoms with Gasteiger partial charge in [0.15, 0.2) is 0 Å². The zero-order chi connectivity index (χ0) is 11.1. The number of hydrogen-bond donors (Lipinski definition) is 2. The van der Waals surface area contributed by atoms with E-state index in [4.69, 9.17) is 0 Å². The van der Waals surface area contributed by atoms with Crippen LogP contribution in [0.25, 0.3) is 0 Å². The first-order valence-corrected chi connectivity index (χ1v) is 4.92. The summed E-state index contributed by atoms with van der Waals surface area (Å²) in [5.74, 6) is 10.1. The summed E-state index contributed by atoms with van der Waals surface area (Å²) in [7, 11) is 0. The summed E-state index contributed by atoms with van der Waals surface area (Å²) in [5.41, 5.74) is 0. The number of hydrogen-bond acceptors (Lipinski definition) is 3. The highest BCUT2D eigenvalue weighted by Crippen LogP contribution is 2.06. The van der Waals surface area contributed by atoms with Crippen molar-refractivity contribution < 1.29 is 14.6 Å². The molecule has 0 atom stereocenters. The van der Waals surface area contributed by atoms with Crippen molar-refractivity contribution in [3.05, 3.63) is 0 Å². The first-order valence-electron chi connectivity index (χ1n) is 4.92. The SMILES string of the molecule is CC#CC#CCC(=O)[N+]1(O)CCNCC1. The fourth-order valence-corrected chi connectivity index (χ4v) is 1.39. The van der Waals surface area contributed by atoms with E-state index in [9.17, 15) is 10.0 Å². The Kier molecular flexibility index (Phi) is 4.33. The van der Waals surface area contributed by atoms with E-state index >= 15 is 0 Å². The first kappa shape index (κ1) is 11.7. The van der Waals surface area contributed by atoms with Crippen LogP contribution in [0, 0.1) is 23.7 Å². The standard InChI is InChI=1S/C11H15N2O2/c1-2-3-4-5-6-11(14)13(15)9-7-12-8-10-13/h12,15H,6-10H2,1H3/q+1. The highest BCUT2D eigenvalue weighted by atomic mass is 16.6. The molecule has 1 heterocycles. The Morgan fingerprint density at radius 1 is 1.40 bits per heavy atom. The molecule has 4 nitrogen and oxygen atoms in total. The number of piperazine rings is 1. The Hall–Kier alpha value is -1.33. The lowest BCUT2D eigenvalue weighted by molar-refractivity contribution is -1.04. The van der Waals surface area contributed by atoms with E-state index in [0.717, 1.165) is 0 Å². The Labute approximate surface area is 89.8 Å². The number of carbonyl (C=O) groups is 1. The van der Waals surface area contributed by atoms with Crippen LogP contribution in [0.15, 0.2) is 0 Å². The molecule has 1 saturated heterocycles. The molecule has 0 aliphatic carbocycles.